The van der Waals surface area contributed by atoms with Crippen molar-refractivity contribution in [3.8, 4) is 0 Å². The van der Waals surface area contributed by atoms with Gasteiger partial charge in [0.15, 0.2) is 0 Å². The average Bonchev–Trinajstić information content (AvgIpc) is 2.35. The molecule has 1 aromatic heterocycles. The first-order valence-corrected chi connectivity index (χ1v) is 6.66. The van der Waals surface area contributed by atoms with Crippen molar-refractivity contribution in [1.29, 1.82) is 0 Å². The third kappa shape index (κ3) is 3.01. The fraction of sp³-hybridized carbons (Fsp3) is 0.154. The lowest BCUT2D eigenvalue weighted by molar-refractivity contribution is 0.0697. The molecule has 0 aliphatic heterocycles. The zero-order valence-electron chi connectivity index (χ0n) is 10.4. The van der Waals surface area contributed by atoms with Gasteiger partial charge in [-0.2, -0.15) is 0 Å². The summed E-state index contributed by atoms with van der Waals surface area (Å²) in [5, 5.41) is 12.2. The van der Waals surface area contributed by atoms with Crippen LogP contribution in [0.2, 0.25) is 0 Å². The van der Waals surface area contributed by atoms with Crippen molar-refractivity contribution >= 4 is 40.1 Å². The number of nitrogens with one attached hydrogen (secondary N) is 1. The number of hydrogen-bond donors (Lipinski definition) is 2. The molecule has 5 nitrogen and oxygen atoms in total. The lowest BCUT2D eigenvalue weighted by atomic mass is 10.2. The fourth-order valence-electron chi connectivity index (χ4n) is 1.59. The fourth-order valence-corrected chi connectivity index (χ4v) is 2.09. The summed E-state index contributed by atoms with van der Waals surface area (Å²) in [7, 11) is 0. The number of aromatic carboxylic acids is 1. The van der Waals surface area contributed by atoms with Crippen molar-refractivity contribution in [2.75, 3.05) is 5.32 Å². The maximum absolute atomic E-state index is 11.2. The summed E-state index contributed by atoms with van der Waals surface area (Å²) in [5.41, 5.74) is 1.95. The summed E-state index contributed by atoms with van der Waals surface area (Å²) >= 11 is 2.23. The number of anilines is 2. The number of aromatic nitrogens is 2. The van der Waals surface area contributed by atoms with Gasteiger partial charge in [0, 0.05) is 15.5 Å². The normalized spacial score (nSPS) is 10.3. The van der Waals surface area contributed by atoms with E-state index in [1.165, 1.54) is 6.20 Å². The summed E-state index contributed by atoms with van der Waals surface area (Å²) in [6.07, 6.45) is 1.32. The van der Waals surface area contributed by atoms with Crippen LogP contribution in [0.1, 0.15) is 21.7 Å². The summed E-state index contributed by atoms with van der Waals surface area (Å²) in [5.74, 6) is -0.216. The molecule has 2 aromatic rings. The van der Waals surface area contributed by atoms with Crippen LogP contribution < -0.4 is 5.32 Å². The van der Waals surface area contributed by atoms with Gasteiger partial charge in [-0.05, 0) is 54.1 Å². The van der Waals surface area contributed by atoms with Gasteiger partial charge in [0.25, 0.3) is 0 Å². The van der Waals surface area contributed by atoms with Crippen LogP contribution in [0.5, 0.6) is 0 Å². The first kappa shape index (κ1) is 13.7. The molecule has 0 fully saturated rings. The molecule has 0 unspecified atom stereocenters. The zero-order chi connectivity index (χ0) is 14.0. The molecule has 0 spiro atoms. The van der Waals surface area contributed by atoms with E-state index in [4.69, 9.17) is 5.11 Å². The highest BCUT2D eigenvalue weighted by molar-refractivity contribution is 14.1. The molecule has 0 bridgehead atoms. The summed E-state index contributed by atoms with van der Waals surface area (Å²) < 4.78 is 1.10. The standard InChI is InChI=1S/C13H12IN3O2/c1-7-10(14)4-3-5-11(7)17-12-9(13(18)19)6-15-8(2)16-12/h3-6H,1-2H3,(H,18,19)(H,15,16,17). The topological polar surface area (TPSA) is 75.1 Å². The number of carboxylic acids is 1. The summed E-state index contributed by atoms with van der Waals surface area (Å²) in [6, 6.07) is 5.79. The van der Waals surface area contributed by atoms with Gasteiger partial charge < -0.3 is 10.4 Å². The molecule has 19 heavy (non-hydrogen) atoms. The molecule has 0 aliphatic rings. The number of halogens is 1. The van der Waals surface area contributed by atoms with Gasteiger partial charge in [0.2, 0.25) is 0 Å². The molecule has 2 N–H and O–H groups in total. The molecule has 0 amide bonds. The van der Waals surface area contributed by atoms with Crippen LogP contribution in [-0.4, -0.2) is 21.0 Å². The van der Waals surface area contributed by atoms with E-state index < -0.39 is 5.97 Å². The largest absolute Gasteiger partial charge is 0.477 e. The highest BCUT2D eigenvalue weighted by Crippen LogP contribution is 2.24. The Bertz CT molecular complexity index is 644. The number of rotatable bonds is 3. The Kier molecular flexibility index (Phi) is 3.98. The van der Waals surface area contributed by atoms with Crippen LogP contribution in [-0.2, 0) is 0 Å². The van der Waals surface area contributed by atoms with Gasteiger partial charge in [0.1, 0.15) is 17.2 Å². The number of hydrogen-bond acceptors (Lipinski definition) is 4. The molecule has 1 heterocycles. The van der Waals surface area contributed by atoms with Gasteiger partial charge in [-0.15, -0.1) is 0 Å². The van der Waals surface area contributed by atoms with E-state index in [0.717, 1.165) is 14.8 Å². The zero-order valence-corrected chi connectivity index (χ0v) is 12.6. The van der Waals surface area contributed by atoms with Gasteiger partial charge in [-0.3, -0.25) is 0 Å². The number of nitrogens with zero attached hydrogens (tertiary/aromatic N) is 2. The lowest BCUT2D eigenvalue weighted by Gasteiger charge is -2.12. The minimum absolute atomic E-state index is 0.0591. The molecule has 0 radical (unpaired) electrons. The Morgan fingerprint density at radius 2 is 2.11 bits per heavy atom. The van der Waals surface area contributed by atoms with Crippen molar-refractivity contribution in [2.24, 2.45) is 0 Å². The van der Waals surface area contributed by atoms with Crippen molar-refractivity contribution in [2.45, 2.75) is 13.8 Å². The molecule has 2 rings (SSSR count). The van der Waals surface area contributed by atoms with E-state index in [2.05, 4.69) is 37.9 Å². The quantitative estimate of drug-likeness (QED) is 0.814. The van der Waals surface area contributed by atoms with Crippen LogP contribution in [0.25, 0.3) is 0 Å². The number of benzene rings is 1. The Morgan fingerprint density at radius 1 is 1.37 bits per heavy atom. The monoisotopic (exact) mass is 369 g/mol. The molecule has 0 atom stereocenters. The maximum Gasteiger partial charge on any atom is 0.341 e. The van der Waals surface area contributed by atoms with E-state index in [9.17, 15) is 4.79 Å². The van der Waals surface area contributed by atoms with Crippen LogP contribution in [0.15, 0.2) is 24.4 Å². The Hall–Kier alpha value is -1.70. The Balaban J connectivity index is 2.45. The van der Waals surface area contributed by atoms with Crippen LogP contribution in [0.3, 0.4) is 0 Å². The minimum atomic E-state index is -1.05. The molecule has 0 saturated heterocycles. The van der Waals surface area contributed by atoms with Gasteiger partial charge >= 0.3 is 5.97 Å². The van der Waals surface area contributed by atoms with Crippen molar-refractivity contribution < 1.29 is 9.90 Å². The number of carboxylic acid groups (broad SMARTS) is 1. The van der Waals surface area contributed by atoms with Gasteiger partial charge in [-0.25, -0.2) is 14.8 Å². The smallest absolute Gasteiger partial charge is 0.341 e. The van der Waals surface area contributed by atoms with E-state index in [-0.39, 0.29) is 5.56 Å². The second-order valence-electron chi connectivity index (χ2n) is 4.02. The minimum Gasteiger partial charge on any atom is -0.477 e. The van der Waals surface area contributed by atoms with Crippen LogP contribution in [0, 0.1) is 17.4 Å². The van der Waals surface area contributed by atoms with Crippen LogP contribution in [0.4, 0.5) is 11.5 Å². The van der Waals surface area contributed by atoms with Gasteiger partial charge in [-0.1, -0.05) is 6.07 Å². The molecule has 6 heteroatoms. The van der Waals surface area contributed by atoms with Crippen molar-refractivity contribution in [3.05, 3.63) is 44.9 Å². The summed E-state index contributed by atoms with van der Waals surface area (Å²) in [4.78, 5) is 19.2. The van der Waals surface area contributed by atoms with Crippen LogP contribution >= 0.6 is 22.6 Å². The number of aryl methyl sites for hydroxylation is 1. The Labute approximate surface area is 124 Å². The lowest BCUT2D eigenvalue weighted by Crippen LogP contribution is -2.08. The first-order chi connectivity index (χ1) is 8.99. The van der Waals surface area contributed by atoms with Crippen molar-refractivity contribution in [3.63, 3.8) is 0 Å². The average molecular weight is 369 g/mol. The molecule has 1 aromatic carbocycles. The van der Waals surface area contributed by atoms with E-state index in [0.29, 0.717) is 11.6 Å². The second kappa shape index (κ2) is 5.52. The molecular weight excluding hydrogens is 357 g/mol. The molecule has 0 saturated carbocycles. The number of carbonyl (C=O) groups is 1. The summed E-state index contributed by atoms with van der Waals surface area (Å²) in [6.45, 7) is 3.69. The third-order valence-electron chi connectivity index (χ3n) is 2.66. The highest BCUT2D eigenvalue weighted by Gasteiger charge is 2.13. The van der Waals surface area contributed by atoms with Gasteiger partial charge in [0.05, 0.1) is 0 Å². The SMILES string of the molecule is Cc1ncc(C(=O)O)c(Nc2cccc(I)c2C)n1. The maximum atomic E-state index is 11.2. The van der Waals surface area contributed by atoms with E-state index in [1.54, 1.807) is 6.92 Å². The first-order valence-electron chi connectivity index (χ1n) is 5.58. The Morgan fingerprint density at radius 3 is 2.79 bits per heavy atom. The molecule has 98 valence electrons. The van der Waals surface area contributed by atoms with E-state index >= 15 is 0 Å². The molecule has 0 aliphatic carbocycles. The van der Waals surface area contributed by atoms with E-state index in [1.807, 2.05) is 25.1 Å². The third-order valence-corrected chi connectivity index (χ3v) is 3.83. The van der Waals surface area contributed by atoms with Crippen molar-refractivity contribution in [1.82, 2.24) is 9.97 Å². The molecular formula is C13H12IN3O2. The second-order valence-corrected chi connectivity index (χ2v) is 5.18. The predicted octanol–water partition coefficient (Wildman–Crippen LogP) is 3.14. The predicted molar refractivity (Wildman–Crippen MR) is 80.9 cm³/mol. The highest BCUT2D eigenvalue weighted by atomic mass is 127.